The zero-order valence-corrected chi connectivity index (χ0v) is 11.2. The summed E-state index contributed by atoms with van der Waals surface area (Å²) in [5.74, 6) is 1.59. The number of rotatable bonds is 6. The van der Waals surface area contributed by atoms with Crippen molar-refractivity contribution in [1.82, 2.24) is 4.90 Å². The first-order valence-corrected chi connectivity index (χ1v) is 7.78. The molecule has 16 heavy (non-hydrogen) atoms. The lowest BCUT2D eigenvalue weighted by Crippen LogP contribution is -2.34. The van der Waals surface area contributed by atoms with E-state index in [0.29, 0.717) is 5.92 Å². The first-order valence-electron chi connectivity index (χ1n) is 6.30. The Hall–Kier alpha value is -0.380. The molecule has 0 radical (unpaired) electrons. The lowest BCUT2D eigenvalue weighted by Gasteiger charge is -2.18. The third-order valence-corrected chi connectivity index (χ3v) is 4.71. The minimum Gasteiger partial charge on any atom is -0.342 e. The van der Waals surface area contributed by atoms with Crippen LogP contribution in [0, 0.1) is 5.92 Å². The summed E-state index contributed by atoms with van der Waals surface area (Å²) < 4.78 is 11.8. The molecule has 3 nitrogen and oxygen atoms in total. The van der Waals surface area contributed by atoms with E-state index < -0.39 is 10.8 Å². The van der Waals surface area contributed by atoms with Crippen LogP contribution in [0.3, 0.4) is 0 Å². The largest absolute Gasteiger partial charge is 0.342 e. The number of carbonyl (C=O) groups excluding carboxylic acids is 1. The molecule has 0 heterocycles. The van der Waals surface area contributed by atoms with E-state index in [4.69, 9.17) is 0 Å². The fourth-order valence-corrected chi connectivity index (χ4v) is 3.74. The van der Waals surface area contributed by atoms with Crippen LogP contribution in [-0.2, 0) is 15.6 Å². The fourth-order valence-electron chi connectivity index (χ4n) is 2.30. The van der Waals surface area contributed by atoms with Crippen LogP contribution in [0.25, 0.3) is 0 Å². The summed E-state index contributed by atoms with van der Waals surface area (Å²) in [6, 6.07) is 0. The van der Waals surface area contributed by atoms with Gasteiger partial charge in [-0.05, 0) is 32.6 Å². The van der Waals surface area contributed by atoms with E-state index >= 15 is 0 Å². The van der Waals surface area contributed by atoms with E-state index in [2.05, 4.69) is 0 Å². The maximum absolute atomic E-state index is 11.8. The second-order valence-corrected chi connectivity index (χ2v) is 5.97. The fraction of sp³-hybridized carbons (Fsp3) is 0.917. The van der Waals surface area contributed by atoms with Gasteiger partial charge >= 0.3 is 0 Å². The summed E-state index contributed by atoms with van der Waals surface area (Å²) in [6.07, 6.45) is 4.94. The van der Waals surface area contributed by atoms with E-state index in [1.807, 2.05) is 13.8 Å². The van der Waals surface area contributed by atoms with Gasteiger partial charge in [0.05, 0.1) is 0 Å². The van der Waals surface area contributed by atoms with Gasteiger partial charge in [-0.25, -0.2) is 0 Å². The molecule has 0 spiro atoms. The third-order valence-electron chi connectivity index (χ3n) is 3.30. The Morgan fingerprint density at radius 1 is 1.25 bits per heavy atom. The average Bonchev–Trinajstić information content (AvgIpc) is 2.71. The van der Waals surface area contributed by atoms with Gasteiger partial charge in [-0.2, -0.15) is 0 Å². The van der Waals surface area contributed by atoms with Crippen LogP contribution in [0.1, 0.15) is 39.5 Å². The van der Waals surface area contributed by atoms with Gasteiger partial charge in [-0.1, -0.05) is 12.8 Å². The minimum absolute atomic E-state index is 0.0429. The van der Waals surface area contributed by atoms with Crippen molar-refractivity contribution in [2.75, 3.05) is 24.6 Å². The number of amides is 1. The maximum Gasteiger partial charge on any atom is 0.235 e. The lowest BCUT2D eigenvalue weighted by molar-refractivity contribution is -0.128. The molecular formula is C12H23NO2S. The Morgan fingerprint density at radius 3 is 2.31 bits per heavy atom. The Morgan fingerprint density at radius 2 is 1.81 bits per heavy atom. The number of hydrogen-bond acceptors (Lipinski definition) is 2. The second-order valence-electron chi connectivity index (χ2n) is 4.47. The predicted molar refractivity (Wildman–Crippen MR) is 67.8 cm³/mol. The molecule has 0 aromatic carbocycles. The molecule has 0 unspecified atom stereocenters. The Kier molecular flexibility index (Phi) is 6.03. The number of hydrogen-bond donors (Lipinski definition) is 0. The van der Waals surface area contributed by atoms with Crippen molar-refractivity contribution >= 4 is 16.7 Å². The van der Waals surface area contributed by atoms with Gasteiger partial charge in [0.2, 0.25) is 5.91 Å². The first-order chi connectivity index (χ1) is 7.67. The van der Waals surface area contributed by atoms with E-state index in [9.17, 15) is 9.00 Å². The SMILES string of the molecule is CCN(CC)C(=O)C[S@@](=O)CC1CCCC1. The van der Waals surface area contributed by atoms with Crippen LogP contribution in [0.5, 0.6) is 0 Å². The molecule has 1 aliphatic rings. The highest BCUT2D eigenvalue weighted by molar-refractivity contribution is 7.85. The summed E-state index contributed by atoms with van der Waals surface area (Å²) >= 11 is 0. The summed E-state index contributed by atoms with van der Waals surface area (Å²) in [6.45, 7) is 5.36. The Bertz CT molecular complexity index is 245. The highest BCUT2D eigenvalue weighted by atomic mass is 32.2. The maximum atomic E-state index is 11.8. The van der Waals surface area contributed by atoms with Crippen molar-refractivity contribution in [3.8, 4) is 0 Å². The average molecular weight is 245 g/mol. The standard InChI is InChI=1S/C12H23NO2S/c1-3-13(4-2)12(14)10-16(15)9-11-7-5-6-8-11/h11H,3-10H2,1-2H3/t16-/m0/s1. The molecule has 1 amide bonds. The van der Waals surface area contributed by atoms with Gasteiger partial charge < -0.3 is 4.90 Å². The smallest absolute Gasteiger partial charge is 0.235 e. The van der Waals surface area contributed by atoms with Crippen molar-refractivity contribution in [2.45, 2.75) is 39.5 Å². The van der Waals surface area contributed by atoms with Gasteiger partial charge in [0.25, 0.3) is 0 Å². The molecule has 1 atom stereocenters. The molecule has 94 valence electrons. The van der Waals surface area contributed by atoms with Gasteiger partial charge in [0.1, 0.15) is 5.75 Å². The highest BCUT2D eigenvalue weighted by Crippen LogP contribution is 2.25. The summed E-state index contributed by atoms with van der Waals surface area (Å²) in [5, 5.41) is 0. The first kappa shape index (κ1) is 13.7. The molecule has 0 bridgehead atoms. The van der Waals surface area contributed by atoms with Crippen LogP contribution < -0.4 is 0 Å². The van der Waals surface area contributed by atoms with Crippen LogP contribution >= 0.6 is 0 Å². The quantitative estimate of drug-likeness (QED) is 0.715. The Labute approximate surface area is 101 Å². The van der Waals surface area contributed by atoms with Crippen molar-refractivity contribution < 1.29 is 9.00 Å². The van der Waals surface area contributed by atoms with E-state index in [0.717, 1.165) is 18.8 Å². The highest BCUT2D eigenvalue weighted by Gasteiger charge is 2.20. The second kappa shape index (κ2) is 7.05. The van der Waals surface area contributed by atoms with Gasteiger partial charge in [0, 0.05) is 29.6 Å². The van der Waals surface area contributed by atoms with E-state index in [1.54, 1.807) is 4.90 Å². The van der Waals surface area contributed by atoms with Crippen molar-refractivity contribution in [1.29, 1.82) is 0 Å². The molecule has 0 aromatic rings. The van der Waals surface area contributed by atoms with Gasteiger partial charge in [-0.3, -0.25) is 9.00 Å². The summed E-state index contributed by atoms with van der Waals surface area (Å²) in [5.41, 5.74) is 0. The molecule has 0 saturated heterocycles. The van der Waals surface area contributed by atoms with E-state index in [-0.39, 0.29) is 11.7 Å². The lowest BCUT2D eigenvalue weighted by atomic mass is 10.1. The zero-order chi connectivity index (χ0) is 12.0. The Balaban J connectivity index is 2.29. The number of nitrogens with zero attached hydrogens (tertiary/aromatic N) is 1. The van der Waals surface area contributed by atoms with Crippen LogP contribution in [0.2, 0.25) is 0 Å². The van der Waals surface area contributed by atoms with Crippen LogP contribution in [0.15, 0.2) is 0 Å². The molecule has 1 aliphatic carbocycles. The van der Waals surface area contributed by atoms with Crippen molar-refractivity contribution in [3.63, 3.8) is 0 Å². The predicted octanol–water partition coefficient (Wildman–Crippen LogP) is 1.79. The summed E-state index contributed by atoms with van der Waals surface area (Å²) in [7, 11) is -0.955. The molecule has 0 aromatic heterocycles. The number of carbonyl (C=O) groups is 1. The molecule has 1 fully saturated rings. The zero-order valence-electron chi connectivity index (χ0n) is 10.4. The van der Waals surface area contributed by atoms with Gasteiger partial charge in [0.15, 0.2) is 0 Å². The van der Waals surface area contributed by atoms with Gasteiger partial charge in [-0.15, -0.1) is 0 Å². The minimum atomic E-state index is -0.955. The molecular weight excluding hydrogens is 222 g/mol. The third kappa shape index (κ3) is 4.24. The molecule has 1 saturated carbocycles. The summed E-state index contributed by atoms with van der Waals surface area (Å²) in [4.78, 5) is 13.5. The molecule has 1 rings (SSSR count). The van der Waals surface area contributed by atoms with Crippen LogP contribution in [-0.4, -0.2) is 39.6 Å². The normalized spacial score (nSPS) is 18.6. The monoisotopic (exact) mass is 245 g/mol. The van der Waals surface area contributed by atoms with E-state index in [1.165, 1.54) is 25.7 Å². The van der Waals surface area contributed by atoms with Crippen molar-refractivity contribution in [3.05, 3.63) is 0 Å². The van der Waals surface area contributed by atoms with Crippen LogP contribution in [0.4, 0.5) is 0 Å². The molecule has 0 aliphatic heterocycles. The topological polar surface area (TPSA) is 37.4 Å². The van der Waals surface area contributed by atoms with Crippen molar-refractivity contribution in [2.24, 2.45) is 5.92 Å². The molecule has 0 N–H and O–H groups in total. The molecule has 4 heteroatoms.